The van der Waals surface area contributed by atoms with E-state index in [0.717, 1.165) is 16.7 Å². The number of carbonyl (C=O) groups is 3. The zero-order chi connectivity index (χ0) is 22.4. The maximum Gasteiger partial charge on any atom is 0.339 e. The van der Waals surface area contributed by atoms with Crippen molar-refractivity contribution in [3.63, 3.8) is 0 Å². The Hall–Kier alpha value is -3.73. The number of ether oxygens (including phenoxy) is 1. The Balaban J connectivity index is 1.69. The van der Waals surface area contributed by atoms with Crippen LogP contribution in [0.25, 0.3) is 0 Å². The molecule has 0 spiro atoms. The van der Waals surface area contributed by atoms with Crippen molar-refractivity contribution in [2.24, 2.45) is 0 Å². The summed E-state index contributed by atoms with van der Waals surface area (Å²) in [4.78, 5) is 38.0. The molecule has 0 saturated carbocycles. The molecule has 0 aromatic heterocycles. The third kappa shape index (κ3) is 5.45. The lowest BCUT2D eigenvalue weighted by Crippen LogP contribution is -2.31. The van der Waals surface area contributed by atoms with Gasteiger partial charge in [-0.2, -0.15) is 0 Å². The Morgan fingerprint density at radius 3 is 2.19 bits per heavy atom. The van der Waals surface area contributed by atoms with Gasteiger partial charge in [0.05, 0.1) is 11.6 Å². The molecule has 0 saturated heterocycles. The lowest BCUT2D eigenvalue weighted by atomic mass is 9.94. The van der Waals surface area contributed by atoms with Crippen LogP contribution in [0.5, 0.6) is 0 Å². The van der Waals surface area contributed by atoms with E-state index < -0.39 is 18.5 Å². The van der Waals surface area contributed by atoms with Crippen LogP contribution in [0.3, 0.4) is 0 Å². The van der Waals surface area contributed by atoms with Crippen LogP contribution < -0.4 is 5.32 Å². The first-order valence-corrected chi connectivity index (χ1v) is 10.1. The summed E-state index contributed by atoms with van der Waals surface area (Å²) in [6, 6.07) is 21.4. The molecule has 0 aliphatic heterocycles. The van der Waals surface area contributed by atoms with E-state index in [1.54, 1.807) is 24.3 Å². The number of esters is 1. The van der Waals surface area contributed by atoms with Crippen LogP contribution in [0.2, 0.25) is 0 Å². The second kappa shape index (κ2) is 9.85. The lowest BCUT2D eigenvalue weighted by molar-refractivity contribution is -0.124. The minimum Gasteiger partial charge on any atom is -0.452 e. The predicted molar refractivity (Wildman–Crippen MR) is 119 cm³/mol. The molecule has 0 bridgehead atoms. The van der Waals surface area contributed by atoms with Gasteiger partial charge in [0.15, 0.2) is 12.4 Å². The van der Waals surface area contributed by atoms with Crippen molar-refractivity contribution >= 4 is 17.7 Å². The molecule has 0 aliphatic carbocycles. The molecule has 0 fully saturated rings. The van der Waals surface area contributed by atoms with Gasteiger partial charge in [-0.05, 0) is 44.0 Å². The van der Waals surface area contributed by atoms with Crippen LogP contribution in [-0.4, -0.2) is 24.3 Å². The molecule has 158 valence electrons. The van der Waals surface area contributed by atoms with Crippen molar-refractivity contribution in [2.75, 3.05) is 6.61 Å². The molecular formula is C26H25NO4. The largest absolute Gasteiger partial charge is 0.452 e. The third-order valence-electron chi connectivity index (χ3n) is 5.04. The highest BCUT2D eigenvalue weighted by molar-refractivity contribution is 6.15. The number of amides is 1. The van der Waals surface area contributed by atoms with Crippen molar-refractivity contribution in [2.45, 2.75) is 26.8 Å². The van der Waals surface area contributed by atoms with E-state index in [-0.39, 0.29) is 23.0 Å². The molecule has 0 radical (unpaired) electrons. The molecule has 3 aromatic rings. The van der Waals surface area contributed by atoms with Crippen LogP contribution in [0, 0.1) is 13.8 Å². The fourth-order valence-corrected chi connectivity index (χ4v) is 3.30. The summed E-state index contributed by atoms with van der Waals surface area (Å²) in [5, 5.41) is 2.80. The molecule has 5 heteroatoms. The zero-order valence-electron chi connectivity index (χ0n) is 17.8. The van der Waals surface area contributed by atoms with E-state index >= 15 is 0 Å². The molecule has 5 nitrogen and oxygen atoms in total. The predicted octanol–water partition coefficient (Wildman–Crippen LogP) is 4.57. The molecule has 1 atom stereocenters. The summed E-state index contributed by atoms with van der Waals surface area (Å²) in [6.07, 6.45) is 0. The number of rotatable bonds is 7. The topological polar surface area (TPSA) is 72.5 Å². The normalized spacial score (nSPS) is 11.5. The van der Waals surface area contributed by atoms with Gasteiger partial charge < -0.3 is 10.1 Å². The summed E-state index contributed by atoms with van der Waals surface area (Å²) in [5.41, 5.74) is 3.66. The van der Waals surface area contributed by atoms with Crippen molar-refractivity contribution in [1.29, 1.82) is 0 Å². The minimum absolute atomic E-state index is 0.136. The summed E-state index contributed by atoms with van der Waals surface area (Å²) in [5.74, 6) is -1.38. The molecule has 3 rings (SSSR count). The second-order valence-electron chi connectivity index (χ2n) is 7.47. The Kier molecular flexibility index (Phi) is 6.98. The van der Waals surface area contributed by atoms with E-state index in [9.17, 15) is 14.4 Å². The number of nitrogens with one attached hydrogen (secondary N) is 1. The van der Waals surface area contributed by atoms with Crippen molar-refractivity contribution < 1.29 is 19.1 Å². The quantitative estimate of drug-likeness (QED) is 0.453. The van der Waals surface area contributed by atoms with Gasteiger partial charge in [0.2, 0.25) is 0 Å². The van der Waals surface area contributed by atoms with E-state index in [1.807, 2.05) is 63.2 Å². The van der Waals surface area contributed by atoms with E-state index in [2.05, 4.69) is 5.32 Å². The first-order valence-electron chi connectivity index (χ1n) is 10.1. The Bertz CT molecular complexity index is 1110. The fourth-order valence-electron chi connectivity index (χ4n) is 3.30. The van der Waals surface area contributed by atoms with Gasteiger partial charge in [0.1, 0.15) is 0 Å². The van der Waals surface area contributed by atoms with Gasteiger partial charge in [-0.1, -0.05) is 66.2 Å². The van der Waals surface area contributed by atoms with Crippen LogP contribution in [0.4, 0.5) is 0 Å². The molecule has 3 aromatic carbocycles. The van der Waals surface area contributed by atoms with Crippen molar-refractivity contribution in [3.05, 3.63) is 106 Å². The summed E-state index contributed by atoms with van der Waals surface area (Å²) in [7, 11) is 0. The number of benzene rings is 3. The van der Waals surface area contributed by atoms with E-state index in [1.165, 1.54) is 6.07 Å². The first-order chi connectivity index (χ1) is 14.9. The summed E-state index contributed by atoms with van der Waals surface area (Å²) in [6.45, 7) is 5.19. The molecule has 1 N–H and O–H groups in total. The van der Waals surface area contributed by atoms with Gasteiger partial charge >= 0.3 is 5.97 Å². The molecule has 0 heterocycles. The minimum atomic E-state index is -0.711. The summed E-state index contributed by atoms with van der Waals surface area (Å²) < 4.78 is 5.20. The first kappa shape index (κ1) is 22.0. The summed E-state index contributed by atoms with van der Waals surface area (Å²) >= 11 is 0. The van der Waals surface area contributed by atoms with Gasteiger partial charge in [-0.15, -0.1) is 0 Å². The van der Waals surface area contributed by atoms with Gasteiger partial charge in [-0.25, -0.2) is 4.79 Å². The van der Waals surface area contributed by atoms with Crippen LogP contribution in [0.1, 0.15) is 55.9 Å². The van der Waals surface area contributed by atoms with Crippen LogP contribution >= 0.6 is 0 Å². The van der Waals surface area contributed by atoms with Gasteiger partial charge in [-0.3, -0.25) is 9.59 Å². The number of ketones is 1. The SMILES string of the molecule is Cc1ccc(C)c(C(=O)c2ccccc2C(=O)OCC(=O)N[C@H](C)c2ccccc2)c1. The van der Waals surface area contributed by atoms with Crippen molar-refractivity contribution in [3.8, 4) is 0 Å². The highest BCUT2D eigenvalue weighted by atomic mass is 16.5. The molecule has 0 aliphatic rings. The van der Waals surface area contributed by atoms with Gasteiger partial charge in [0, 0.05) is 11.1 Å². The average molecular weight is 415 g/mol. The number of hydrogen-bond acceptors (Lipinski definition) is 4. The van der Waals surface area contributed by atoms with E-state index in [0.29, 0.717) is 5.56 Å². The van der Waals surface area contributed by atoms with Crippen LogP contribution in [-0.2, 0) is 9.53 Å². The molecular weight excluding hydrogens is 390 g/mol. The monoisotopic (exact) mass is 415 g/mol. The zero-order valence-corrected chi connectivity index (χ0v) is 17.8. The Morgan fingerprint density at radius 1 is 0.839 bits per heavy atom. The molecule has 31 heavy (non-hydrogen) atoms. The van der Waals surface area contributed by atoms with Crippen LogP contribution in [0.15, 0.2) is 72.8 Å². The smallest absolute Gasteiger partial charge is 0.339 e. The molecule has 0 unspecified atom stereocenters. The maximum absolute atomic E-state index is 13.1. The highest BCUT2D eigenvalue weighted by Gasteiger charge is 2.21. The molecule has 1 amide bonds. The number of carbonyl (C=O) groups excluding carboxylic acids is 3. The Morgan fingerprint density at radius 2 is 1.48 bits per heavy atom. The highest BCUT2D eigenvalue weighted by Crippen LogP contribution is 2.19. The van der Waals surface area contributed by atoms with Crippen molar-refractivity contribution in [1.82, 2.24) is 5.32 Å². The average Bonchev–Trinajstić information content (AvgIpc) is 2.79. The third-order valence-corrected chi connectivity index (χ3v) is 5.04. The fraction of sp³-hybridized carbons (Fsp3) is 0.192. The van der Waals surface area contributed by atoms with E-state index in [4.69, 9.17) is 4.74 Å². The number of aryl methyl sites for hydroxylation is 2. The Labute approximate surface area is 182 Å². The maximum atomic E-state index is 13.1. The second-order valence-corrected chi connectivity index (χ2v) is 7.47. The standard InChI is InChI=1S/C26H25NO4/c1-17-13-14-18(2)23(15-17)25(29)21-11-7-8-12-22(21)26(30)31-16-24(28)27-19(3)20-9-5-4-6-10-20/h4-15,19H,16H2,1-3H3,(H,27,28)/t19-/m1/s1. The lowest BCUT2D eigenvalue weighted by Gasteiger charge is -2.15. The van der Waals surface area contributed by atoms with Gasteiger partial charge in [0.25, 0.3) is 5.91 Å². The number of hydrogen-bond donors (Lipinski definition) is 1.